The zero-order valence-electron chi connectivity index (χ0n) is 14.8. The third-order valence-corrected chi connectivity index (χ3v) is 4.95. The molecule has 3 aromatic rings. The van der Waals surface area contributed by atoms with Crippen LogP contribution in [0.1, 0.15) is 15.9 Å². The number of piperazine rings is 1. The summed E-state index contributed by atoms with van der Waals surface area (Å²) in [6.07, 6.45) is 6.19. The molecule has 1 amide bonds. The van der Waals surface area contributed by atoms with Gasteiger partial charge < -0.3 is 9.88 Å². The summed E-state index contributed by atoms with van der Waals surface area (Å²) in [6, 6.07) is 18.3. The molecule has 1 saturated heterocycles. The molecule has 1 aliphatic heterocycles. The Kier molecular flexibility index (Phi) is 4.84. The number of nitrogens with one attached hydrogen (secondary N) is 1. The van der Waals surface area contributed by atoms with Gasteiger partial charge in [-0.15, -0.1) is 0 Å². The third kappa shape index (κ3) is 3.55. The first-order chi connectivity index (χ1) is 12.8. The number of aromatic nitrogens is 1. The van der Waals surface area contributed by atoms with Gasteiger partial charge in [0.05, 0.1) is 5.56 Å². The van der Waals surface area contributed by atoms with Gasteiger partial charge in [0, 0.05) is 49.8 Å². The number of rotatable bonds is 4. The number of benzene rings is 2. The SMILES string of the molecule is O=C(c1c[nH]c2ccccc12)N1CCN(CC=Cc2ccccc2)CC1. The number of hydrogen-bond acceptors (Lipinski definition) is 2. The highest BCUT2D eigenvalue weighted by atomic mass is 16.2. The topological polar surface area (TPSA) is 39.3 Å². The average Bonchev–Trinajstić information content (AvgIpc) is 3.13. The van der Waals surface area contributed by atoms with Gasteiger partial charge in [-0.3, -0.25) is 9.69 Å². The highest BCUT2D eigenvalue weighted by molar-refractivity contribution is 6.06. The first-order valence-corrected chi connectivity index (χ1v) is 9.10. The Morgan fingerprint density at radius 1 is 0.962 bits per heavy atom. The second-order valence-electron chi connectivity index (χ2n) is 6.65. The number of H-pyrrole nitrogens is 1. The van der Waals surface area contributed by atoms with Gasteiger partial charge >= 0.3 is 0 Å². The largest absolute Gasteiger partial charge is 0.360 e. The predicted molar refractivity (Wildman–Crippen MR) is 106 cm³/mol. The molecule has 26 heavy (non-hydrogen) atoms. The molecule has 1 N–H and O–H groups in total. The van der Waals surface area contributed by atoms with E-state index in [4.69, 9.17) is 0 Å². The number of para-hydroxylation sites is 1. The highest BCUT2D eigenvalue weighted by Gasteiger charge is 2.23. The van der Waals surface area contributed by atoms with Crippen LogP contribution in [0, 0.1) is 0 Å². The van der Waals surface area contributed by atoms with E-state index in [1.807, 2.05) is 41.4 Å². The summed E-state index contributed by atoms with van der Waals surface area (Å²) in [7, 11) is 0. The van der Waals surface area contributed by atoms with E-state index in [1.165, 1.54) is 5.56 Å². The first-order valence-electron chi connectivity index (χ1n) is 9.10. The molecule has 1 fully saturated rings. The smallest absolute Gasteiger partial charge is 0.256 e. The number of nitrogens with zero attached hydrogens (tertiary/aromatic N) is 2. The Bertz CT molecular complexity index is 905. The van der Waals surface area contributed by atoms with Crippen LogP contribution in [0.25, 0.3) is 17.0 Å². The molecule has 1 aromatic heterocycles. The van der Waals surface area contributed by atoms with Crippen molar-refractivity contribution in [1.29, 1.82) is 0 Å². The van der Waals surface area contributed by atoms with Crippen molar-refractivity contribution in [3.05, 3.63) is 78.0 Å². The van der Waals surface area contributed by atoms with Crippen LogP contribution in [0.2, 0.25) is 0 Å². The molecule has 0 aliphatic carbocycles. The van der Waals surface area contributed by atoms with Crippen molar-refractivity contribution in [1.82, 2.24) is 14.8 Å². The summed E-state index contributed by atoms with van der Waals surface area (Å²) in [5.74, 6) is 0.127. The minimum absolute atomic E-state index is 0.127. The summed E-state index contributed by atoms with van der Waals surface area (Å²) in [5, 5.41) is 1.01. The van der Waals surface area contributed by atoms with Crippen LogP contribution in [0.5, 0.6) is 0 Å². The van der Waals surface area contributed by atoms with Gasteiger partial charge in [0.1, 0.15) is 0 Å². The molecule has 2 aromatic carbocycles. The normalized spacial score (nSPS) is 15.8. The summed E-state index contributed by atoms with van der Waals surface area (Å²) in [4.78, 5) is 20.4. The number of hydrogen-bond donors (Lipinski definition) is 1. The number of fused-ring (bicyclic) bond motifs is 1. The molecule has 0 bridgehead atoms. The fourth-order valence-electron chi connectivity index (χ4n) is 3.45. The van der Waals surface area contributed by atoms with E-state index in [-0.39, 0.29) is 5.91 Å². The number of carbonyl (C=O) groups excluding carboxylic acids is 1. The van der Waals surface area contributed by atoms with Crippen LogP contribution < -0.4 is 0 Å². The van der Waals surface area contributed by atoms with Crippen molar-refractivity contribution in [2.24, 2.45) is 0 Å². The monoisotopic (exact) mass is 345 g/mol. The van der Waals surface area contributed by atoms with Crippen LogP contribution in [0.3, 0.4) is 0 Å². The average molecular weight is 345 g/mol. The van der Waals surface area contributed by atoms with Crippen molar-refractivity contribution in [3.8, 4) is 0 Å². The number of aromatic amines is 1. The number of amides is 1. The Balaban J connectivity index is 1.33. The van der Waals surface area contributed by atoms with E-state index in [1.54, 1.807) is 0 Å². The minimum Gasteiger partial charge on any atom is -0.360 e. The molecule has 0 unspecified atom stereocenters. The molecule has 0 radical (unpaired) electrons. The lowest BCUT2D eigenvalue weighted by atomic mass is 10.1. The second-order valence-corrected chi connectivity index (χ2v) is 6.65. The van der Waals surface area contributed by atoms with Crippen molar-refractivity contribution in [2.45, 2.75) is 0 Å². The van der Waals surface area contributed by atoms with Crippen LogP contribution in [-0.2, 0) is 0 Å². The molecule has 0 atom stereocenters. The molecule has 0 saturated carbocycles. The van der Waals surface area contributed by atoms with Crippen molar-refractivity contribution in [3.63, 3.8) is 0 Å². The fourth-order valence-corrected chi connectivity index (χ4v) is 3.45. The molecule has 0 spiro atoms. The second kappa shape index (κ2) is 7.58. The molecule has 1 aliphatic rings. The zero-order chi connectivity index (χ0) is 17.8. The molecule has 4 rings (SSSR count). The van der Waals surface area contributed by atoms with Gasteiger partial charge in [0.25, 0.3) is 5.91 Å². The molecule has 4 nitrogen and oxygen atoms in total. The van der Waals surface area contributed by atoms with Gasteiger partial charge in [-0.25, -0.2) is 0 Å². The van der Waals surface area contributed by atoms with Crippen molar-refractivity contribution in [2.75, 3.05) is 32.7 Å². The van der Waals surface area contributed by atoms with Crippen molar-refractivity contribution < 1.29 is 4.79 Å². The van der Waals surface area contributed by atoms with Crippen LogP contribution >= 0.6 is 0 Å². The lowest BCUT2D eigenvalue weighted by molar-refractivity contribution is 0.0652. The van der Waals surface area contributed by atoms with Crippen LogP contribution in [-0.4, -0.2) is 53.4 Å². The Morgan fingerprint density at radius 2 is 1.69 bits per heavy atom. The maximum Gasteiger partial charge on any atom is 0.256 e. The number of carbonyl (C=O) groups is 1. The minimum atomic E-state index is 0.127. The van der Waals surface area contributed by atoms with E-state index < -0.39 is 0 Å². The zero-order valence-corrected chi connectivity index (χ0v) is 14.8. The molecular formula is C22H23N3O. The Hall–Kier alpha value is -2.85. The van der Waals surface area contributed by atoms with E-state index in [0.717, 1.165) is 49.2 Å². The summed E-state index contributed by atoms with van der Waals surface area (Å²) >= 11 is 0. The van der Waals surface area contributed by atoms with E-state index in [0.29, 0.717) is 0 Å². The predicted octanol–water partition coefficient (Wildman–Crippen LogP) is 3.64. The van der Waals surface area contributed by atoms with Gasteiger partial charge in [0.15, 0.2) is 0 Å². The first kappa shape index (κ1) is 16.6. The molecule has 132 valence electrons. The van der Waals surface area contributed by atoms with Crippen molar-refractivity contribution >= 4 is 22.9 Å². The van der Waals surface area contributed by atoms with Gasteiger partial charge in [-0.2, -0.15) is 0 Å². The maximum absolute atomic E-state index is 12.9. The quantitative estimate of drug-likeness (QED) is 0.784. The lowest BCUT2D eigenvalue weighted by Gasteiger charge is -2.34. The van der Waals surface area contributed by atoms with Crippen LogP contribution in [0.4, 0.5) is 0 Å². The maximum atomic E-state index is 12.9. The Labute approximate surface area is 153 Å². The fraction of sp³-hybridized carbons (Fsp3) is 0.227. The molecule has 2 heterocycles. The van der Waals surface area contributed by atoms with Gasteiger partial charge in [-0.1, -0.05) is 60.7 Å². The third-order valence-electron chi connectivity index (χ3n) is 4.95. The van der Waals surface area contributed by atoms with Gasteiger partial charge in [-0.05, 0) is 11.6 Å². The van der Waals surface area contributed by atoms with E-state index >= 15 is 0 Å². The molecule has 4 heteroatoms. The highest BCUT2D eigenvalue weighted by Crippen LogP contribution is 2.20. The van der Waals surface area contributed by atoms with Crippen LogP contribution in [0.15, 0.2) is 66.9 Å². The summed E-state index contributed by atoms with van der Waals surface area (Å²) in [5.41, 5.74) is 3.01. The van der Waals surface area contributed by atoms with E-state index in [2.05, 4.69) is 46.3 Å². The lowest BCUT2D eigenvalue weighted by Crippen LogP contribution is -2.48. The summed E-state index contributed by atoms with van der Waals surface area (Å²) in [6.45, 7) is 4.29. The Morgan fingerprint density at radius 3 is 2.50 bits per heavy atom. The summed E-state index contributed by atoms with van der Waals surface area (Å²) < 4.78 is 0. The molecular weight excluding hydrogens is 322 g/mol. The van der Waals surface area contributed by atoms with Gasteiger partial charge in [0.2, 0.25) is 0 Å². The standard InChI is InChI=1S/C22H23N3O/c26-22(20-17-23-21-11-5-4-10-19(20)21)25-15-13-24(14-16-25)12-6-9-18-7-2-1-3-8-18/h1-11,17,23H,12-16H2. The van der Waals surface area contributed by atoms with E-state index in [9.17, 15) is 4.79 Å².